The number of aromatic nitrogens is 4. The molecule has 3 heterocycles. The number of nitrogens with one attached hydrogen (secondary N) is 2. The van der Waals surface area contributed by atoms with Crippen molar-refractivity contribution < 1.29 is 9.18 Å². The molecule has 3 aromatic heterocycles. The number of fused-ring (bicyclic) bond motifs is 1. The second kappa shape index (κ2) is 7.29. The second-order valence-corrected chi connectivity index (χ2v) is 7.57. The maximum absolute atomic E-state index is 14.8. The Balaban J connectivity index is 2.01. The molecule has 8 heteroatoms. The highest BCUT2D eigenvalue weighted by molar-refractivity contribution is 9.10. The Morgan fingerprint density at radius 1 is 1.31 bits per heavy atom. The third-order valence-electron chi connectivity index (χ3n) is 4.69. The minimum absolute atomic E-state index is 0.353. The van der Waals surface area contributed by atoms with E-state index in [0.29, 0.717) is 22.5 Å². The van der Waals surface area contributed by atoms with Crippen molar-refractivity contribution in [1.29, 1.82) is 0 Å². The van der Waals surface area contributed by atoms with Crippen LogP contribution in [0.4, 0.5) is 10.1 Å². The van der Waals surface area contributed by atoms with Crippen molar-refractivity contribution in [2.75, 3.05) is 5.32 Å². The first-order valence-electron chi connectivity index (χ1n) is 8.77. The van der Waals surface area contributed by atoms with E-state index >= 15 is 0 Å². The average molecular weight is 454 g/mol. The van der Waals surface area contributed by atoms with Gasteiger partial charge in [-0.15, -0.1) is 0 Å². The fourth-order valence-corrected chi connectivity index (χ4v) is 3.58. The van der Waals surface area contributed by atoms with Gasteiger partial charge in [-0.1, -0.05) is 6.58 Å². The fraction of sp³-hybridized carbons (Fsp3) is 0.0952. The molecule has 29 heavy (non-hydrogen) atoms. The molecule has 1 aromatic carbocycles. The Kier molecular flexibility index (Phi) is 4.79. The molecule has 0 saturated carbocycles. The van der Waals surface area contributed by atoms with Gasteiger partial charge in [-0.05, 0) is 52.7 Å². The van der Waals surface area contributed by atoms with Crippen LogP contribution in [0.5, 0.6) is 0 Å². The summed E-state index contributed by atoms with van der Waals surface area (Å²) in [5.41, 5.74) is 4.40. The van der Waals surface area contributed by atoms with Gasteiger partial charge in [0.05, 0.1) is 11.9 Å². The number of carbonyl (C=O) groups excluding carboxylic acids is 1. The molecule has 0 atom stereocenters. The molecule has 0 aliphatic carbocycles. The molecule has 1 amide bonds. The van der Waals surface area contributed by atoms with Crippen molar-refractivity contribution in [3.63, 3.8) is 0 Å². The molecular weight excluding hydrogens is 437 g/mol. The van der Waals surface area contributed by atoms with Crippen LogP contribution >= 0.6 is 15.9 Å². The number of H-pyrrole nitrogens is 1. The van der Waals surface area contributed by atoms with E-state index in [1.807, 2.05) is 19.3 Å². The summed E-state index contributed by atoms with van der Waals surface area (Å²) in [6.07, 6.45) is 6.45. The highest BCUT2D eigenvalue weighted by atomic mass is 79.9. The smallest absolute Gasteiger partial charge is 0.247 e. The Morgan fingerprint density at radius 3 is 2.79 bits per heavy atom. The van der Waals surface area contributed by atoms with Crippen LogP contribution in [-0.4, -0.2) is 25.7 Å². The number of aromatic amines is 1. The Labute approximate surface area is 174 Å². The number of pyridine rings is 1. The van der Waals surface area contributed by atoms with E-state index in [-0.39, 0.29) is 0 Å². The van der Waals surface area contributed by atoms with E-state index in [1.54, 1.807) is 30.1 Å². The lowest BCUT2D eigenvalue weighted by Crippen LogP contribution is -2.09. The molecule has 0 unspecified atom stereocenters. The van der Waals surface area contributed by atoms with Crippen molar-refractivity contribution in [1.82, 2.24) is 19.7 Å². The van der Waals surface area contributed by atoms with Crippen LogP contribution in [0.3, 0.4) is 0 Å². The van der Waals surface area contributed by atoms with Gasteiger partial charge in [-0.25, -0.2) is 9.37 Å². The number of benzene rings is 1. The van der Waals surface area contributed by atoms with Gasteiger partial charge in [0.2, 0.25) is 5.91 Å². The number of carbonyl (C=O) groups is 1. The highest BCUT2D eigenvalue weighted by Crippen LogP contribution is 2.40. The maximum atomic E-state index is 14.8. The first-order valence-corrected chi connectivity index (χ1v) is 9.57. The summed E-state index contributed by atoms with van der Waals surface area (Å²) < 4.78 is 17.3. The van der Waals surface area contributed by atoms with E-state index in [2.05, 4.69) is 42.9 Å². The predicted molar refractivity (Wildman–Crippen MR) is 115 cm³/mol. The lowest BCUT2D eigenvalue weighted by molar-refractivity contribution is -0.111. The number of nitrogens with zero attached hydrogens (tertiary/aromatic N) is 3. The molecule has 0 spiro atoms. The van der Waals surface area contributed by atoms with Crippen molar-refractivity contribution in [2.45, 2.75) is 6.92 Å². The van der Waals surface area contributed by atoms with Gasteiger partial charge < -0.3 is 10.3 Å². The second-order valence-electron chi connectivity index (χ2n) is 6.65. The minimum Gasteiger partial charge on any atom is -0.339 e. The molecule has 0 radical (unpaired) electrons. The van der Waals surface area contributed by atoms with Crippen molar-refractivity contribution in [2.24, 2.45) is 7.05 Å². The number of hydrogen-bond acceptors (Lipinski definition) is 3. The molecule has 0 aliphatic heterocycles. The minimum atomic E-state index is -0.420. The number of aryl methyl sites for hydroxylation is 1. The van der Waals surface area contributed by atoms with Crippen molar-refractivity contribution in [3.05, 3.63) is 65.3 Å². The predicted octanol–water partition coefficient (Wildman–Crippen LogP) is 4.96. The summed E-state index contributed by atoms with van der Waals surface area (Å²) in [6.45, 7) is 5.07. The number of rotatable bonds is 4. The number of hydrogen-bond donors (Lipinski definition) is 2. The zero-order chi connectivity index (χ0) is 20.7. The summed E-state index contributed by atoms with van der Waals surface area (Å²) in [4.78, 5) is 19.6. The monoisotopic (exact) mass is 453 g/mol. The summed E-state index contributed by atoms with van der Waals surface area (Å²) in [7, 11) is 1.83. The topological polar surface area (TPSA) is 75.6 Å². The van der Waals surface area contributed by atoms with Gasteiger partial charge in [-0.3, -0.25) is 9.48 Å². The SMILES string of the molecule is C=CC(=O)Nc1cc(-c2c(-c3cnn(C)c3)[nH]c3ncc(Br)cc23)cc(F)c1C. The Hall–Kier alpha value is -3.26. The van der Waals surface area contributed by atoms with Crippen LogP contribution in [0, 0.1) is 12.7 Å². The molecule has 146 valence electrons. The van der Waals surface area contributed by atoms with Gasteiger partial charge >= 0.3 is 0 Å². The summed E-state index contributed by atoms with van der Waals surface area (Å²) >= 11 is 3.46. The van der Waals surface area contributed by atoms with Crippen LogP contribution in [0.25, 0.3) is 33.4 Å². The lowest BCUT2D eigenvalue weighted by Gasteiger charge is -2.12. The third kappa shape index (κ3) is 3.47. The molecule has 0 aliphatic rings. The van der Waals surface area contributed by atoms with Crippen molar-refractivity contribution >= 4 is 38.6 Å². The number of amides is 1. The maximum Gasteiger partial charge on any atom is 0.247 e. The van der Waals surface area contributed by atoms with Gasteiger partial charge in [-0.2, -0.15) is 5.10 Å². The van der Waals surface area contributed by atoms with Crippen LogP contribution in [-0.2, 0) is 11.8 Å². The average Bonchev–Trinajstić information content (AvgIpc) is 3.28. The Morgan fingerprint density at radius 2 is 2.10 bits per heavy atom. The van der Waals surface area contributed by atoms with E-state index in [4.69, 9.17) is 0 Å². The van der Waals surface area contributed by atoms with Gasteiger partial charge in [0, 0.05) is 51.7 Å². The zero-order valence-electron chi connectivity index (χ0n) is 15.8. The first-order chi connectivity index (χ1) is 13.9. The fourth-order valence-electron chi connectivity index (χ4n) is 3.25. The van der Waals surface area contributed by atoms with Crippen LogP contribution in [0.1, 0.15) is 5.56 Å². The largest absolute Gasteiger partial charge is 0.339 e. The Bertz CT molecular complexity index is 1270. The summed E-state index contributed by atoms with van der Waals surface area (Å²) in [6, 6.07) is 5.14. The van der Waals surface area contributed by atoms with E-state index in [0.717, 1.165) is 32.8 Å². The van der Waals surface area contributed by atoms with Crippen LogP contribution < -0.4 is 5.32 Å². The molecule has 2 N–H and O–H groups in total. The van der Waals surface area contributed by atoms with Crippen molar-refractivity contribution in [3.8, 4) is 22.4 Å². The van der Waals surface area contributed by atoms with Crippen LogP contribution in [0.2, 0.25) is 0 Å². The molecule has 4 rings (SSSR count). The van der Waals surface area contributed by atoms with Gasteiger partial charge in [0.25, 0.3) is 0 Å². The van der Waals surface area contributed by atoms with E-state index < -0.39 is 11.7 Å². The summed E-state index contributed by atoms with van der Waals surface area (Å²) in [5.74, 6) is -0.822. The molecule has 4 aromatic rings. The van der Waals surface area contributed by atoms with E-state index in [1.165, 1.54) is 6.07 Å². The summed E-state index contributed by atoms with van der Waals surface area (Å²) in [5, 5.41) is 7.74. The molecular formula is C21H17BrFN5O. The molecule has 0 saturated heterocycles. The third-order valence-corrected chi connectivity index (χ3v) is 5.12. The zero-order valence-corrected chi connectivity index (χ0v) is 17.3. The van der Waals surface area contributed by atoms with E-state index in [9.17, 15) is 9.18 Å². The molecule has 0 fully saturated rings. The lowest BCUT2D eigenvalue weighted by atomic mass is 9.98. The highest BCUT2D eigenvalue weighted by Gasteiger charge is 2.20. The normalized spacial score (nSPS) is 11.0. The standard InChI is InChI=1S/C21H17BrFN5O/c1-4-18(29)26-17-6-12(5-16(23)11(17)2)19-15-7-14(22)9-24-21(15)27-20(19)13-8-25-28(3)10-13/h4-10H,1H2,2-3H3,(H,24,27)(H,26,29). The number of anilines is 1. The van der Waals surface area contributed by atoms with Gasteiger partial charge in [0.15, 0.2) is 0 Å². The quantitative estimate of drug-likeness (QED) is 0.428. The first kappa shape index (κ1) is 19.1. The molecule has 0 bridgehead atoms. The van der Waals surface area contributed by atoms with Gasteiger partial charge in [0.1, 0.15) is 11.5 Å². The number of halogens is 2. The van der Waals surface area contributed by atoms with Crippen LogP contribution in [0.15, 0.2) is 53.9 Å². The molecule has 6 nitrogen and oxygen atoms in total.